The predicted molar refractivity (Wildman–Crippen MR) is 80.3 cm³/mol. The fraction of sp³-hybridized carbons (Fsp3) is 0.385. The molecule has 0 saturated carbocycles. The average molecular weight is 347 g/mol. The van der Waals surface area contributed by atoms with Crippen LogP contribution >= 0.6 is 23.2 Å². The summed E-state index contributed by atoms with van der Waals surface area (Å²) in [4.78, 5) is 4.22. The van der Waals surface area contributed by atoms with Crippen molar-refractivity contribution in [3.63, 3.8) is 0 Å². The van der Waals surface area contributed by atoms with Gasteiger partial charge in [0.05, 0.1) is 26.6 Å². The van der Waals surface area contributed by atoms with E-state index < -0.39 is 15.1 Å². The highest BCUT2D eigenvalue weighted by Gasteiger charge is 2.33. The Morgan fingerprint density at radius 2 is 2.00 bits per heavy atom. The van der Waals surface area contributed by atoms with Crippen LogP contribution in [0.4, 0.5) is 0 Å². The van der Waals surface area contributed by atoms with Crippen LogP contribution in [0.1, 0.15) is 18.7 Å². The van der Waals surface area contributed by atoms with E-state index in [0.717, 1.165) is 0 Å². The van der Waals surface area contributed by atoms with Crippen molar-refractivity contribution in [1.82, 2.24) is 10.1 Å². The van der Waals surface area contributed by atoms with Crippen molar-refractivity contribution in [2.24, 2.45) is 0 Å². The Hall–Kier alpha value is -1.11. The van der Waals surface area contributed by atoms with Crippen molar-refractivity contribution in [1.29, 1.82) is 0 Å². The van der Waals surface area contributed by atoms with Crippen LogP contribution in [0.2, 0.25) is 10.0 Å². The lowest BCUT2D eigenvalue weighted by Crippen LogP contribution is -2.18. The van der Waals surface area contributed by atoms with Crippen molar-refractivity contribution in [2.45, 2.75) is 24.5 Å². The van der Waals surface area contributed by atoms with Gasteiger partial charge in [0.15, 0.2) is 9.84 Å². The highest BCUT2D eigenvalue weighted by atomic mass is 35.5. The third kappa shape index (κ3) is 2.93. The van der Waals surface area contributed by atoms with Crippen molar-refractivity contribution < 1.29 is 12.9 Å². The molecule has 112 valence electrons. The van der Waals surface area contributed by atoms with Crippen LogP contribution in [0.25, 0.3) is 11.4 Å². The maximum atomic E-state index is 11.8. The summed E-state index contributed by atoms with van der Waals surface area (Å²) in [6, 6.07) is 5.08. The first kappa shape index (κ1) is 14.8. The number of hydrogen-bond donors (Lipinski definition) is 0. The van der Waals surface area contributed by atoms with Crippen molar-refractivity contribution in [2.75, 3.05) is 5.75 Å². The Labute approximate surface area is 132 Å². The third-order valence-electron chi connectivity index (χ3n) is 3.52. The molecule has 5 nitrogen and oxygen atoms in total. The molecule has 1 fully saturated rings. The van der Waals surface area contributed by atoms with Gasteiger partial charge in [-0.3, -0.25) is 0 Å². The lowest BCUT2D eigenvalue weighted by atomic mass is 10.2. The minimum absolute atomic E-state index is 0.231. The van der Waals surface area contributed by atoms with E-state index in [-0.39, 0.29) is 23.9 Å². The molecule has 0 bridgehead atoms. The summed E-state index contributed by atoms with van der Waals surface area (Å²) >= 11 is 12.2. The van der Waals surface area contributed by atoms with Gasteiger partial charge in [0, 0.05) is 6.42 Å². The van der Waals surface area contributed by atoms with Gasteiger partial charge >= 0.3 is 0 Å². The zero-order valence-electron chi connectivity index (χ0n) is 10.9. The molecule has 1 aromatic heterocycles. The molecule has 1 atom stereocenters. The van der Waals surface area contributed by atoms with Crippen LogP contribution in [0, 0.1) is 0 Å². The molecule has 2 aromatic rings. The second-order valence-electron chi connectivity index (χ2n) is 4.94. The van der Waals surface area contributed by atoms with Crippen LogP contribution in [0.5, 0.6) is 0 Å². The van der Waals surface area contributed by atoms with E-state index in [0.29, 0.717) is 28.5 Å². The first-order valence-electron chi connectivity index (χ1n) is 6.46. The lowest BCUT2D eigenvalue weighted by Gasteiger charge is -2.04. The minimum Gasteiger partial charge on any atom is -0.339 e. The van der Waals surface area contributed by atoms with Crippen LogP contribution in [0.3, 0.4) is 0 Å². The van der Waals surface area contributed by atoms with Gasteiger partial charge in [-0.15, -0.1) is 0 Å². The van der Waals surface area contributed by atoms with Crippen molar-refractivity contribution in [3.8, 4) is 11.4 Å². The molecule has 1 unspecified atom stereocenters. The fourth-order valence-corrected chi connectivity index (χ4v) is 4.82. The number of nitrogens with zero attached hydrogens (tertiary/aromatic N) is 2. The molecule has 3 rings (SSSR count). The largest absolute Gasteiger partial charge is 0.339 e. The molecule has 0 aliphatic carbocycles. The molecule has 0 radical (unpaired) electrons. The molecule has 1 aromatic carbocycles. The Balaban J connectivity index is 1.87. The van der Waals surface area contributed by atoms with Gasteiger partial charge in [0.1, 0.15) is 0 Å². The van der Waals surface area contributed by atoms with E-state index in [1.165, 1.54) is 0 Å². The molecule has 21 heavy (non-hydrogen) atoms. The number of benzene rings is 1. The zero-order valence-corrected chi connectivity index (χ0v) is 13.2. The molecular formula is C13H12Cl2N2O3S. The maximum Gasteiger partial charge on any atom is 0.228 e. The summed E-state index contributed by atoms with van der Waals surface area (Å²) < 4.78 is 28.8. The van der Waals surface area contributed by atoms with E-state index in [4.69, 9.17) is 27.7 Å². The highest BCUT2D eigenvalue weighted by Crippen LogP contribution is 2.33. The summed E-state index contributed by atoms with van der Waals surface area (Å²) in [5.41, 5.74) is 0.491. The van der Waals surface area contributed by atoms with E-state index >= 15 is 0 Å². The quantitative estimate of drug-likeness (QED) is 0.853. The van der Waals surface area contributed by atoms with Gasteiger partial charge in [0.25, 0.3) is 0 Å². The van der Waals surface area contributed by atoms with Gasteiger partial charge in [-0.25, -0.2) is 8.42 Å². The Bertz CT molecular complexity index is 753. The van der Waals surface area contributed by atoms with E-state index in [1.807, 2.05) is 0 Å². The molecule has 0 spiro atoms. The average Bonchev–Trinajstić information content (AvgIpc) is 2.98. The van der Waals surface area contributed by atoms with Gasteiger partial charge in [0.2, 0.25) is 11.7 Å². The van der Waals surface area contributed by atoms with Crippen LogP contribution in [-0.2, 0) is 16.3 Å². The summed E-state index contributed by atoms with van der Waals surface area (Å²) in [7, 11) is -3.04. The first-order valence-corrected chi connectivity index (χ1v) is 8.93. The molecule has 0 amide bonds. The fourth-order valence-electron chi connectivity index (χ4n) is 2.43. The smallest absolute Gasteiger partial charge is 0.228 e. The normalized spacial score (nSPS) is 20.8. The number of rotatable bonds is 3. The minimum atomic E-state index is -3.04. The third-order valence-corrected chi connectivity index (χ3v) is 6.43. The summed E-state index contributed by atoms with van der Waals surface area (Å²) in [6.07, 6.45) is 1.55. The summed E-state index contributed by atoms with van der Waals surface area (Å²) in [5.74, 6) is 0.794. The number of sulfone groups is 1. The summed E-state index contributed by atoms with van der Waals surface area (Å²) in [5, 5.41) is 4.25. The predicted octanol–water partition coefficient (Wildman–Crippen LogP) is 3.16. The highest BCUT2D eigenvalue weighted by molar-refractivity contribution is 7.92. The molecule has 1 aliphatic heterocycles. The Morgan fingerprint density at radius 3 is 2.62 bits per heavy atom. The number of aromatic nitrogens is 2. The van der Waals surface area contributed by atoms with Gasteiger partial charge in [-0.1, -0.05) is 34.4 Å². The lowest BCUT2D eigenvalue weighted by molar-refractivity contribution is 0.375. The second-order valence-corrected chi connectivity index (χ2v) is 8.16. The molecular weight excluding hydrogens is 335 g/mol. The van der Waals surface area contributed by atoms with Crippen molar-refractivity contribution >= 4 is 33.0 Å². The second kappa shape index (κ2) is 5.59. The van der Waals surface area contributed by atoms with Gasteiger partial charge in [-0.2, -0.15) is 4.98 Å². The molecule has 8 heteroatoms. The monoisotopic (exact) mass is 346 g/mol. The number of halogens is 2. The number of hydrogen-bond acceptors (Lipinski definition) is 5. The Morgan fingerprint density at radius 1 is 1.29 bits per heavy atom. The van der Waals surface area contributed by atoms with Crippen molar-refractivity contribution in [3.05, 3.63) is 34.1 Å². The van der Waals surface area contributed by atoms with E-state index in [2.05, 4.69) is 10.1 Å². The molecule has 0 N–H and O–H groups in total. The first-order chi connectivity index (χ1) is 9.97. The van der Waals surface area contributed by atoms with Crippen LogP contribution in [0.15, 0.2) is 22.7 Å². The standard InChI is InChI=1S/C13H12Cl2N2O3S/c14-9-4-1-5-10(15)12(9)13-16-11(20-17-13)7-8-3-2-6-21(8,18)19/h1,4-5,8H,2-3,6-7H2. The van der Waals surface area contributed by atoms with Crippen LogP contribution < -0.4 is 0 Å². The van der Waals surface area contributed by atoms with Gasteiger partial charge < -0.3 is 4.52 Å². The van der Waals surface area contributed by atoms with E-state index in [9.17, 15) is 8.42 Å². The molecule has 2 heterocycles. The van der Waals surface area contributed by atoms with E-state index in [1.54, 1.807) is 18.2 Å². The van der Waals surface area contributed by atoms with Crippen LogP contribution in [-0.4, -0.2) is 29.6 Å². The van der Waals surface area contributed by atoms with Gasteiger partial charge in [-0.05, 0) is 25.0 Å². The summed E-state index contributed by atoms with van der Waals surface area (Å²) in [6.45, 7) is 0. The molecule has 1 aliphatic rings. The Kier molecular flexibility index (Phi) is 3.94. The SMILES string of the molecule is O=S1(=O)CCCC1Cc1nc(-c2c(Cl)cccc2Cl)no1. The maximum absolute atomic E-state index is 11.8. The molecule has 1 saturated heterocycles. The zero-order chi connectivity index (χ0) is 15.0. The topological polar surface area (TPSA) is 73.1 Å².